The number of nitro groups is 1. The second-order valence-corrected chi connectivity index (χ2v) is 6.69. The minimum Gasteiger partial charge on any atom is -0.350 e. The Labute approximate surface area is 172 Å². The molecule has 2 aromatic carbocycles. The Balaban J connectivity index is 1.58. The van der Waals surface area contributed by atoms with Gasteiger partial charge in [0.1, 0.15) is 6.04 Å². The molecule has 3 rings (SSSR count). The highest BCUT2D eigenvalue weighted by Crippen LogP contribution is 2.13. The Kier molecular flexibility index (Phi) is 6.53. The van der Waals surface area contributed by atoms with Gasteiger partial charge in [0.25, 0.3) is 11.6 Å². The van der Waals surface area contributed by atoms with E-state index in [-0.39, 0.29) is 17.2 Å². The molecule has 0 aliphatic rings. The summed E-state index contributed by atoms with van der Waals surface area (Å²) in [4.78, 5) is 35.0. The van der Waals surface area contributed by atoms with E-state index in [1.807, 2.05) is 36.5 Å². The van der Waals surface area contributed by atoms with Crippen LogP contribution in [-0.2, 0) is 17.9 Å². The first-order valence-electron chi connectivity index (χ1n) is 9.31. The van der Waals surface area contributed by atoms with Crippen molar-refractivity contribution < 1.29 is 14.5 Å². The third-order valence-electron chi connectivity index (χ3n) is 4.52. The van der Waals surface area contributed by atoms with Gasteiger partial charge in [0, 0.05) is 36.6 Å². The van der Waals surface area contributed by atoms with E-state index in [1.165, 1.54) is 24.3 Å². The normalized spacial score (nSPS) is 11.5. The zero-order chi connectivity index (χ0) is 21.5. The van der Waals surface area contributed by atoms with Crippen molar-refractivity contribution in [2.75, 3.05) is 0 Å². The molecule has 0 spiro atoms. The van der Waals surface area contributed by atoms with E-state index >= 15 is 0 Å². The van der Waals surface area contributed by atoms with E-state index in [2.05, 4.69) is 15.7 Å². The monoisotopic (exact) mass is 407 g/mol. The molecule has 1 atom stereocenters. The molecular weight excluding hydrogens is 386 g/mol. The van der Waals surface area contributed by atoms with E-state index in [0.29, 0.717) is 13.1 Å². The van der Waals surface area contributed by atoms with Crippen LogP contribution in [0.25, 0.3) is 0 Å². The Morgan fingerprint density at radius 2 is 1.90 bits per heavy atom. The van der Waals surface area contributed by atoms with Gasteiger partial charge >= 0.3 is 0 Å². The van der Waals surface area contributed by atoms with Crippen molar-refractivity contribution in [3.8, 4) is 0 Å². The number of rotatable bonds is 8. The number of amides is 2. The number of nitrogens with zero attached hydrogens (tertiary/aromatic N) is 3. The summed E-state index contributed by atoms with van der Waals surface area (Å²) in [6.07, 6.45) is 3.57. The van der Waals surface area contributed by atoms with Gasteiger partial charge in [0.2, 0.25) is 5.91 Å². The van der Waals surface area contributed by atoms with Crippen molar-refractivity contribution in [1.29, 1.82) is 0 Å². The summed E-state index contributed by atoms with van der Waals surface area (Å²) in [5, 5.41) is 20.4. The number of benzene rings is 2. The Morgan fingerprint density at radius 3 is 2.60 bits per heavy atom. The summed E-state index contributed by atoms with van der Waals surface area (Å²) in [6, 6.07) is 14.1. The third-order valence-corrected chi connectivity index (χ3v) is 4.52. The van der Waals surface area contributed by atoms with E-state index in [4.69, 9.17) is 0 Å². The van der Waals surface area contributed by atoms with Crippen molar-refractivity contribution in [1.82, 2.24) is 20.4 Å². The fraction of sp³-hybridized carbons (Fsp3) is 0.190. The van der Waals surface area contributed by atoms with E-state index in [9.17, 15) is 19.7 Å². The predicted molar refractivity (Wildman–Crippen MR) is 110 cm³/mol. The zero-order valence-corrected chi connectivity index (χ0v) is 16.3. The molecule has 0 saturated carbocycles. The quantitative estimate of drug-likeness (QED) is 0.439. The lowest BCUT2D eigenvalue weighted by atomic mass is 10.1. The summed E-state index contributed by atoms with van der Waals surface area (Å²) in [7, 11) is 0. The molecule has 2 amide bonds. The van der Waals surface area contributed by atoms with Gasteiger partial charge in [-0.2, -0.15) is 5.10 Å². The van der Waals surface area contributed by atoms with Crippen LogP contribution in [-0.4, -0.2) is 32.6 Å². The van der Waals surface area contributed by atoms with Crippen LogP contribution in [0.3, 0.4) is 0 Å². The van der Waals surface area contributed by atoms with Crippen molar-refractivity contribution in [2.24, 2.45) is 0 Å². The maximum absolute atomic E-state index is 12.4. The molecule has 30 heavy (non-hydrogen) atoms. The van der Waals surface area contributed by atoms with Gasteiger partial charge in [-0.15, -0.1) is 0 Å². The summed E-state index contributed by atoms with van der Waals surface area (Å²) in [6.45, 7) is 2.44. The van der Waals surface area contributed by atoms with Crippen LogP contribution in [0.4, 0.5) is 5.69 Å². The summed E-state index contributed by atoms with van der Waals surface area (Å²) >= 11 is 0. The fourth-order valence-electron chi connectivity index (χ4n) is 2.89. The molecule has 1 aromatic heterocycles. The second kappa shape index (κ2) is 9.46. The lowest BCUT2D eigenvalue weighted by Gasteiger charge is -2.15. The van der Waals surface area contributed by atoms with Crippen molar-refractivity contribution in [3.63, 3.8) is 0 Å². The molecule has 9 nitrogen and oxygen atoms in total. The lowest BCUT2D eigenvalue weighted by Crippen LogP contribution is -2.44. The number of aromatic nitrogens is 2. The van der Waals surface area contributed by atoms with Gasteiger partial charge in [-0.25, -0.2) is 0 Å². The third kappa shape index (κ3) is 5.28. The Hall–Kier alpha value is -4.01. The van der Waals surface area contributed by atoms with Crippen LogP contribution in [0.2, 0.25) is 0 Å². The van der Waals surface area contributed by atoms with Gasteiger partial charge in [0.15, 0.2) is 0 Å². The standard InChI is InChI=1S/C21H21N5O4/c1-15(24-21(28)16-8-4-9-19(12-16)26(29)30)20(27)22-13-17-6-2-3-7-18(17)14-25-11-5-10-23-25/h2-12,15H,13-14H2,1H3,(H,22,27)(H,24,28)/t15-/m0/s1. The largest absolute Gasteiger partial charge is 0.350 e. The number of carbonyl (C=O) groups is 2. The molecule has 1 heterocycles. The van der Waals surface area contributed by atoms with Gasteiger partial charge in [-0.1, -0.05) is 30.3 Å². The Morgan fingerprint density at radius 1 is 1.13 bits per heavy atom. The molecular formula is C21H21N5O4. The predicted octanol–water partition coefficient (Wildman–Crippen LogP) is 2.27. The molecule has 9 heteroatoms. The zero-order valence-electron chi connectivity index (χ0n) is 16.3. The van der Waals surface area contributed by atoms with E-state index < -0.39 is 16.9 Å². The first-order valence-corrected chi connectivity index (χ1v) is 9.31. The highest BCUT2D eigenvalue weighted by molar-refractivity contribution is 5.97. The highest BCUT2D eigenvalue weighted by atomic mass is 16.6. The SMILES string of the molecule is C[C@H](NC(=O)c1cccc([N+](=O)[O-])c1)C(=O)NCc1ccccc1Cn1cccn1. The van der Waals surface area contributed by atoms with Gasteiger partial charge in [-0.05, 0) is 30.2 Å². The van der Waals surface area contributed by atoms with E-state index in [0.717, 1.165) is 11.1 Å². The molecule has 2 N–H and O–H groups in total. The van der Waals surface area contributed by atoms with Crippen LogP contribution >= 0.6 is 0 Å². The average Bonchev–Trinajstić information content (AvgIpc) is 3.26. The number of hydrogen-bond donors (Lipinski definition) is 2. The topological polar surface area (TPSA) is 119 Å². The smallest absolute Gasteiger partial charge is 0.270 e. The van der Waals surface area contributed by atoms with Crippen molar-refractivity contribution in [3.05, 3.63) is 93.8 Å². The first kappa shape index (κ1) is 20.7. The molecule has 0 bridgehead atoms. The minimum atomic E-state index is -0.810. The molecule has 0 aliphatic carbocycles. The van der Waals surface area contributed by atoms with Gasteiger partial charge < -0.3 is 10.6 Å². The maximum Gasteiger partial charge on any atom is 0.270 e. The lowest BCUT2D eigenvalue weighted by molar-refractivity contribution is -0.384. The van der Waals surface area contributed by atoms with Gasteiger partial charge in [-0.3, -0.25) is 24.4 Å². The molecule has 154 valence electrons. The fourth-order valence-corrected chi connectivity index (χ4v) is 2.89. The van der Waals surface area contributed by atoms with Crippen LogP contribution in [0.5, 0.6) is 0 Å². The highest BCUT2D eigenvalue weighted by Gasteiger charge is 2.18. The number of carbonyl (C=O) groups excluding carboxylic acids is 2. The van der Waals surface area contributed by atoms with E-state index in [1.54, 1.807) is 17.8 Å². The van der Waals surface area contributed by atoms with Crippen LogP contribution in [0.15, 0.2) is 67.0 Å². The summed E-state index contributed by atoms with van der Waals surface area (Å²) in [5.41, 5.74) is 1.90. The Bertz CT molecular complexity index is 1050. The maximum atomic E-state index is 12.4. The number of hydrogen-bond acceptors (Lipinski definition) is 5. The minimum absolute atomic E-state index is 0.119. The average molecular weight is 407 g/mol. The molecule has 0 radical (unpaired) electrons. The van der Waals surface area contributed by atoms with Gasteiger partial charge in [0.05, 0.1) is 11.5 Å². The van der Waals surface area contributed by atoms with Crippen LogP contribution < -0.4 is 10.6 Å². The van der Waals surface area contributed by atoms with Crippen molar-refractivity contribution >= 4 is 17.5 Å². The molecule has 3 aromatic rings. The first-order chi connectivity index (χ1) is 14.4. The van der Waals surface area contributed by atoms with Crippen LogP contribution in [0, 0.1) is 10.1 Å². The van der Waals surface area contributed by atoms with Crippen molar-refractivity contribution in [2.45, 2.75) is 26.1 Å². The number of nitrogens with one attached hydrogen (secondary N) is 2. The molecule has 0 aliphatic heterocycles. The molecule has 0 unspecified atom stereocenters. The summed E-state index contributed by atoms with van der Waals surface area (Å²) < 4.78 is 1.79. The second-order valence-electron chi connectivity index (χ2n) is 6.69. The number of nitro benzene ring substituents is 1. The molecule has 0 saturated heterocycles. The molecule has 0 fully saturated rings. The summed E-state index contributed by atoms with van der Waals surface area (Å²) in [5.74, 6) is -0.914. The number of non-ortho nitro benzene ring substituents is 1. The van der Waals surface area contributed by atoms with Crippen LogP contribution in [0.1, 0.15) is 28.4 Å².